The average Bonchev–Trinajstić information content (AvgIpc) is 2.92. The first-order valence-electron chi connectivity index (χ1n) is 10.2. The van der Waals surface area contributed by atoms with Gasteiger partial charge in [0.2, 0.25) is 6.29 Å². The molecule has 0 saturated heterocycles. The number of fused-ring (bicyclic) bond motifs is 1. The van der Waals surface area contributed by atoms with Crippen LogP contribution in [-0.4, -0.2) is 40.5 Å². The maximum absolute atomic E-state index is 12.2. The topological polar surface area (TPSA) is 110 Å². The van der Waals surface area contributed by atoms with Crippen LogP contribution in [0.15, 0.2) is 23.3 Å². The minimum absolute atomic E-state index is 0.0186. The van der Waals surface area contributed by atoms with Crippen LogP contribution in [-0.2, 0) is 23.9 Å². The molecule has 0 spiro atoms. The molecular weight excluding hydrogens is 376 g/mol. The van der Waals surface area contributed by atoms with Crippen molar-refractivity contribution < 1.29 is 34.1 Å². The van der Waals surface area contributed by atoms with Gasteiger partial charge in [0.25, 0.3) is 0 Å². The van der Waals surface area contributed by atoms with Gasteiger partial charge in [-0.3, -0.25) is 9.59 Å². The van der Waals surface area contributed by atoms with Crippen LogP contribution < -0.4 is 0 Å². The number of carbonyl (C=O) groups is 3. The van der Waals surface area contributed by atoms with Crippen LogP contribution in [0.3, 0.4) is 0 Å². The van der Waals surface area contributed by atoms with Gasteiger partial charge < -0.3 is 19.7 Å². The summed E-state index contributed by atoms with van der Waals surface area (Å²) < 4.78 is 10.2. The Labute approximate surface area is 170 Å². The number of esters is 2. The third-order valence-electron chi connectivity index (χ3n) is 7.53. The number of cyclic esters (lactones) is 1. The predicted octanol–water partition coefficient (Wildman–Crippen LogP) is 2.97. The van der Waals surface area contributed by atoms with Gasteiger partial charge in [0.1, 0.15) is 6.10 Å². The molecule has 2 N–H and O–H groups in total. The number of hydrogen-bond donors (Lipinski definition) is 2. The number of rotatable bonds is 5. The second-order valence-corrected chi connectivity index (χ2v) is 9.15. The van der Waals surface area contributed by atoms with E-state index in [2.05, 4.69) is 6.92 Å². The Morgan fingerprint density at radius 3 is 2.59 bits per heavy atom. The Morgan fingerprint density at radius 1 is 1.34 bits per heavy atom. The Kier molecular flexibility index (Phi) is 5.64. The molecule has 0 bridgehead atoms. The van der Waals surface area contributed by atoms with Crippen LogP contribution >= 0.6 is 0 Å². The van der Waals surface area contributed by atoms with E-state index in [-0.39, 0.29) is 23.4 Å². The van der Waals surface area contributed by atoms with E-state index in [9.17, 15) is 24.6 Å². The molecule has 1 aliphatic heterocycles. The lowest BCUT2D eigenvalue weighted by molar-refractivity contribution is -0.162. The summed E-state index contributed by atoms with van der Waals surface area (Å²) in [6, 6.07) is 0. The number of hydrogen-bond acceptors (Lipinski definition) is 6. The Hall–Kier alpha value is -2.15. The maximum atomic E-state index is 12.2. The van der Waals surface area contributed by atoms with Crippen molar-refractivity contribution in [1.29, 1.82) is 0 Å². The normalized spacial score (nSPS) is 39.1. The molecule has 0 aromatic carbocycles. The van der Waals surface area contributed by atoms with Crippen molar-refractivity contribution >= 4 is 17.9 Å². The summed E-state index contributed by atoms with van der Waals surface area (Å²) in [6.45, 7) is 7.56. The van der Waals surface area contributed by atoms with E-state index in [1.54, 1.807) is 0 Å². The van der Waals surface area contributed by atoms with Gasteiger partial charge >= 0.3 is 17.9 Å². The number of aliphatic hydroxyl groups excluding tert-OH is 1. The van der Waals surface area contributed by atoms with Gasteiger partial charge in [-0.25, -0.2) is 4.79 Å². The molecule has 1 saturated carbocycles. The largest absolute Gasteiger partial charge is 0.481 e. The minimum atomic E-state index is -1.26. The third kappa shape index (κ3) is 3.84. The van der Waals surface area contributed by atoms with Gasteiger partial charge in [-0.2, -0.15) is 0 Å². The average molecular weight is 406 g/mol. The Bertz CT molecular complexity index is 782. The molecule has 1 fully saturated rings. The highest BCUT2D eigenvalue weighted by Crippen LogP contribution is 2.62. The predicted molar refractivity (Wildman–Crippen MR) is 103 cm³/mol. The molecule has 3 aliphatic rings. The molecule has 0 amide bonds. The lowest BCUT2D eigenvalue weighted by atomic mass is 9.46. The molecule has 7 nitrogen and oxygen atoms in total. The van der Waals surface area contributed by atoms with E-state index in [0.29, 0.717) is 31.3 Å². The fourth-order valence-corrected chi connectivity index (χ4v) is 5.79. The number of allylic oxidation sites excluding steroid dienone is 1. The van der Waals surface area contributed by atoms with Gasteiger partial charge in [-0.15, -0.1) is 0 Å². The quantitative estimate of drug-likeness (QED) is 0.533. The summed E-state index contributed by atoms with van der Waals surface area (Å²) in [6.07, 6.45) is 4.39. The first-order chi connectivity index (χ1) is 13.5. The molecule has 0 radical (unpaired) electrons. The number of aliphatic hydroxyl groups is 1. The summed E-state index contributed by atoms with van der Waals surface area (Å²) in [7, 11) is 0. The number of aliphatic carboxylic acids is 1. The summed E-state index contributed by atoms with van der Waals surface area (Å²) in [5.74, 6) is -2.34. The van der Waals surface area contributed by atoms with Gasteiger partial charge in [-0.05, 0) is 61.9 Å². The number of carboxylic acids is 1. The molecule has 1 heterocycles. The standard InChI is InChI=1S/C22H30O7/c1-12-9-15(28-13(2)23)11-17-21(12,3)8-6-16(19(25)26)22(17,4)7-5-14-10-18(24)29-20(14)27/h9-10,15-17,20,27H,5-8,11H2,1-4H3,(H,25,26). The van der Waals surface area contributed by atoms with Crippen molar-refractivity contribution in [3.05, 3.63) is 23.3 Å². The summed E-state index contributed by atoms with van der Waals surface area (Å²) in [5, 5.41) is 19.9. The molecule has 0 aromatic heterocycles. The molecule has 29 heavy (non-hydrogen) atoms. The lowest BCUT2D eigenvalue weighted by Gasteiger charge is -2.58. The Balaban J connectivity index is 1.94. The number of carboxylic acid groups (broad SMARTS) is 1. The molecular formula is C22H30O7. The molecule has 7 heteroatoms. The van der Waals surface area contributed by atoms with Crippen LogP contribution in [0.25, 0.3) is 0 Å². The number of ether oxygens (including phenoxy) is 2. The van der Waals surface area contributed by atoms with Crippen molar-refractivity contribution in [2.24, 2.45) is 22.7 Å². The SMILES string of the molecule is CC(=O)OC1C=C(C)C2(C)CCC(C(=O)O)C(C)(CCC3=CC(=O)OC3O)C2C1. The summed E-state index contributed by atoms with van der Waals surface area (Å²) in [4.78, 5) is 35.1. The van der Waals surface area contributed by atoms with Crippen LogP contribution in [0.4, 0.5) is 0 Å². The Morgan fingerprint density at radius 2 is 2.03 bits per heavy atom. The molecule has 2 aliphatic carbocycles. The third-order valence-corrected chi connectivity index (χ3v) is 7.53. The zero-order valence-electron chi connectivity index (χ0n) is 17.4. The van der Waals surface area contributed by atoms with Gasteiger partial charge in [-0.1, -0.05) is 19.4 Å². The minimum Gasteiger partial charge on any atom is -0.481 e. The van der Waals surface area contributed by atoms with Crippen molar-refractivity contribution in [1.82, 2.24) is 0 Å². The van der Waals surface area contributed by atoms with Crippen molar-refractivity contribution in [3.8, 4) is 0 Å². The van der Waals surface area contributed by atoms with Gasteiger partial charge in [0, 0.05) is 18.6 Å². The van der Waals surface area contributed by atoms with Crippen LogP contribution in [0.1, 0.15) is 59.8 Å². The van der Waals surface area contributed by atoms with Crippen LogP contribution in [0, 0.1) is 22.7 Å². The fourth-order valence-electron chi connectivity index (χ4n) is 5.79. The zero-order valence-corrected chi connectivity index (χ0v) is 17.4. The highest BCUT2D eigenvalue weighted by atomic mass is 16.6. The zero-order chi connectivity index (χ0) is 21.6. The van der Waals surface area contributed by atoms with Crippen molar-refractivity contribution in [3.63, 3.8) is 0 Å². The molecule has 3 rings (SSSR count). The smallest absolute Gasteiger partial charge is 0.333 e. The van der Waals surface area contributed by atoms with Gasteiger partial charge in [0.05, 0.1) is 5.92 Å². The van der Waals surface area contributed by atoms with E-state index in [1.165, 1.54) is 13.0 Å². The number of carbonyl (C=O) groups excluding carboxylic acids is 2. The van der Waals surface area contributed by atoms with Crippen molar-refractivity contribution in [2.45, 2.75) is 72.2 Å². The molecule has 0 aromatic rings. The fraction of sp³-hybridized carbons (Fsp3) is 0.682. The first kappa shape index (κ1) is 21.6. The lowest BCUT2D eigenvalue weighted by Crippen LogP contribution is -2.54. The van der Waals surface area contributed by atoms with E-state index >= 15 is 0 Å². The molecule has 160 valence electrons. The van der Waals surface area contributed by atoms with Crippen LogP contribution in [0.2, 0.25) is 0 Å². The van der Waals surface area contributed by atoms with Crippen LogP contribution in [0.5, 0.6) is 0 Å². The molecule has 6 atom stereocenters. The van der Waals surface area contributed by atoms with E-state index in [4.69, 9.17) is 9.47 Å². The highest BCUT2D eigenvalue weighted by molar-refractivity contribution is 5.85. The second-order valence-electron chi connectivity index (χ2n) is 9.15. The second kappa shape index (κ2) is 7.59. The van der Waals surface area contributed by atoms with Crippen molar-refractivity contribution in [2.75, 3.05) is 0 Å². The van der Waals surface area contributed by atoms with E-state index in [1.807, 2.05) is 19.9 Å². The maximum Gasteiger partial charge on any atom is 0.333 e. The van der Waals surface area contributed by atoms with E-state index in [0.717, 1.165) is 12.0 Å². The van der Waals surface area contributed by atoms with E-state index < -0.39 is 29.6 Å². The summed E-state index contributed by atoms with van der Waals surface area (Å²) in [5.41, 5.74) is 0.812. The first-order valence-corrected chi connectivity index (χ1v) is 10.2. The highest BCUT2D eigenvalue weighted by Gasteiger charge is 2.57. The molecule has 6 unspecified atom stereocenters. The summed E-state index contributed by atoms with van der Waals surface area (Å²) >= 11 is 0. The van der Waals surface area contributed by atoms with Gasteiger partial charge in [0.15, 0.2) is 0 Å². The monoisotopic (exact) mass is 406 g/mol.